The van der Waals surface area contributed by atoms with E-state index in [1.165, 1.54) is 0 Å². The second kappa shape index (κ2) is 5.87. The van der Waals surface area contributed by atoms with Gasteiger partial charge in [0.2, 0.25) is 0 Å². The number of hydrogen-bond donors (Lipinski definition) is 1. The minimum atomic E-state index is -4.55. The van der Waals surface area contributed by atoms with Crippen molar-refractivity contribution >= 4 is 0 Å². The SMILES string of the molecule is C#CC(NCCC)c1cc(F)ccc1C(F)(F)F. The van der Waals surface area contributed by atoms with E-state index in [1.54, 1.807) is 0 Å². The van der Waals surface area contributed by atoms with Crippen LogP contribution < -0.4 is 5.32 Å². The van der Waals surface area contributed by atoms with E-state index in [4.69, 9.17) is 6.42 Å². The molecule has 0 aliphatic heterocycles. The molecule has 0 fully saturated rings. The van der Waals surface area contributed by atoms with Gasteiger partial charge in [0.05, 0.1) is 11.6 Å². The second-order valence-corrected chi connectivity index (χ2v) is 3.78. The third-order valence-electron chi connectivity index (χ3n) is 2.40. The first kappa shape index (κ1) is 14.5. The predicted octanol–water partition coefficient (Wildman–Crippen LogP) is 3.52. The van der Waals surface area contributed by atoms with E-state index in [2.05, 4.69) is 11.2 Å². The van der Waals surface area contributed by atoms with E-state index in [0.717, 1.165) is 18.6 Å². The molecule has 1 aromatic rings. The van der Waals surface area contributed by atoms with Crippen molar-refractivity contribution in [3.63, 3.8) is 0 Å². The van der Waals surface area contributed by atoms with Crippen molar-refractivity contribution in [2.24, 2.45) is 0 Å². The number of terminal acetylenes is 1. The molecule has 1 unspecified atom stereocenters. The van der Waals surface area contributed by atoms with Gasteiger partial charge in [0.25, 0.3) is 0 Å². The van der Waals surface area contributed by atoms with Gasteiger partial charge in [-0.05, 0) is 36.7 Å². The molecular formula is C13H13F4N. The summed E-state index contributed by atoms with van der Waals surface area (Å²) in [6, 6.07) is 1.37. The fraction of sp³-hybridized carbons (Fsp3) is 0.385. The molecule has 0 radical (unpaired) electrons. The Kier molecular flexibility index (Phi) is 4.74. The van der Waals surface area contributed by atoms with Crippen molar-refractivity contribution < 1.29 is 17.6 Å². The molecular weight excluding hydrogens is 246 g/mol. The van der Waals surface area contributed by atoms with Gasteiger partial charge >= 0.3 is 6.18 Å². The zero-order chi connectivity index (χ0) is 13.8. The third-order valence-corrected chi connectivity index (χ3v) is 2.40. The Hall–Kier alpha value is -1.54. The molecule has 0 spiro atoms. The number of alkyl halides is 3. The first-order valence-corrected chi connectivity index (χ1v) is 5.46. The van der Waals surface area contributed by atoms with E-state index in [-0.39, 0.29) is 5.56 Å². The van der Waals surface area contributed by atoms with Gasteiger partial charge in [-0.15, -0.1) is 6.42 Å². The van der Waals surface area contributed by atoms with E-state index < -0.39 is 23.6 Å². The second-order valence-electron chi connectivity index (χ2n) is 3.78. The van der Waals surface area contributed by atoms with Crippen LogP contribution in [-0.4, -0.2) is 6.54 Å². The van der Waals surface area contributed by atoms with Crippen LogP contribution >= 0.6 is 0 Å². The Morgan fingerprint density at radius 1 is 1.39 bits per heavy atom. The molecule has 18 heavy (non-hydrogen) atoms. The predicted molar refractivity (Wildman–Crippen MR) is 61.3 cm³/mol. The normalized spacial score (nSPS) is 13.1. The maximum absolute atomic E-state index is 13.1. The highest BCUT2D eigenvalue weighted by atomic mass is 19.4. The van der Waals surface area contributed by atoms with E-state index >= 15 is 0 Å². The fourth-order valence-electron chi connectivity index (χ4n) is 1.58. The summed E-state index contributed by atoms with van der Waals surface area (Å²) >= 11 is 0. The van der Waals surface area contributed by atoms with E-state index in [0.29, 0.717) is 12.6 Å². The fourth-order valence-corrected chi connectivity index (χ4v) is 1.58. The maximum Gasteiger partial charge on any atom is 0.416 e. The smallest absolute Gasteiger partial charge is 0.300 e. The highest BCUT2D eigenvalue weighted by molar-refractivity contribution is 5.36. The van der Waals surface area contributed by atoms with Gasteiger partial charge < -0.3 is 0 Å². The minimum absolute atomic E-state index is 0.251. The standard InChI is InChI=1S/C13H13F4N/c1-3-7-18-12(4-2)10-8-9(14)5-6-11(10)13(15,16)17/h2,5-6,8,12,18H,3,7H2,1H3. The summed E-state index contributed by atoms with van der Waals surface area (Å²) in [7, 11) is 0. The lowest BCUT2D eigenvalue weighted by molar-refractivity contribution is -0.138. The molecule has 0 saturated carbocycles. The summed E-state index contributed by atoms with van der Waals surface area (Å²) < 4.78 is 51.4. The van der Waals surface area contributed by atoms with Gasteiger partial charge in [-0.25, -0.2) is 4.39 Å². The number of benzene rings is 1. The first-order valence-electron chi connectivity index (χ1n) is 5.46. The number of rotatable bonds is 4. The maximum atomic E-state index is 13.1. The van der Waals surface area contributed by atoms with Crippen molar-refractivity contribution in [2.75, 3.05) is 6.54 Å². The lowest BCUT2D eigenvalue weighted by Crippen LogP contribution is -2.24. The molecule has 0 amide bonds. The third kappa shape index (κ3) is 3.47. The van der Waals surface area contributed by atoms with Gasteiger partial charge in [-0.2, -0.15) is 13.2 Å². The van der Waals surface area contributed by atoms with Gasteiger partial charge in [0.1, 0.15) is 5.82 Å². The summed E-state index contributed by atoms with van der Waals surface area (Å²) in [4.78, 5) is 0. The lowest BCUT2D eigenvalue weighted by atomic mass is 10.00. The molecule has 0 aliphatic carbocycles. The summed E-state index contributed by atoms with van der Waals surface area (Å²) in [5, 5.41) is 2.77. The number of hydrogen-bond acceptors (Lipinski definition) is 1. The van der Waals surface area contributed by atoms with Crippen LogP contribution in [0.2, 0.25) is 0 Å². The van der Waals surface area contributed by atoms with Crippen molar-refractivity contribution in [3.8, 4) is 12.3 Å². The van der Waals surface area contributed by atoms with Gasteiger partial charge in [-0.3, -0.25) is 5.32 Å². The van der Waals surface area contributed by atoms with Crippen LogP contribution in [-0.2, 0) is 6.18 Å². The molecule has 5 heteroatoms. The molecule has 1 N–H and O–H groups in total. The topological polar surface area (TPSA) is 12.0 Å². The van der Waals surface area contributed by atoms with E-state index in [9.17, 15) is 17.6 Å². The molecule has 1 nitrogen and oxygen atoms in total. The quantitative estimate of drug-likeness (QED) is 0.644. The van der Waals surface area contributed by atoms with Crippen LogP contribution in [0.4, 0.5) is 17.6 Å². The van der Waals surface area contributed by atoms with Crippen LogP contribution in [0.5, 0.6) is 0 Å². The van der Waals surface area contributed by atoms with Crippen LogP contribution in [0.3, 0.4) is 0 Å². The minimum Gasteiger partial charge on any atom is -0.300 e. The van der Waals surface area contributed by atoms with Gasteiger partial charge in [0, 0.05) is 0 Å². The van der Waals surface area contributed by atoms with Crippen LogP contribution in [0.1, 0.15) is 30.5 Å². The lowest BCUT2D eigenvalue weighted by Gasteiger charge is -2.18. The average Bonchev–Trinajstić information content (AvgIpc) is 2.28. The number of nitrogens with one attached hydrogen (secondary N) is 1. The van der Waals surface area contributed by atoms with Crippen LogP contribution in [0.25, 0.3) is 0 Å². The largest absolute Gasteiger partial charge is 0.416 e. The van der Waals surface area contributed by atoms with Gasteiger partial charge in [-0.1, -0.05) is 12.8 Å². The Labute approximate surface area is 103 Å². The van der Waals surface area contributed by atoms with E-state index in [1.807, 2.05) is 6.92 Å². The molecule has 0 bridgehead atoms. The molecule has 1 rings (SSSR count). The summed E-state index contributed by atoms with van der Waals surface area (Å²) in [6.07, 6.45) is 1.37. The molecule has 98 valence electrons. The van der Waals surface area contributed by atoms with Crippen molar-refractivity contribution in [3.05, 3.63) is 35.1 Å². The highest BCUT2D eigenvalue weighted by Gasteiger charge is 2.35. The van der Waals surface area contributed by atoms with Crippen LogP contribution in [0.15, 0.2) is 18.2 Å². The Morgan fingerprint density at radius 2 is 2.06 bits per heavy atom. The van der Waals surface area contributed by atoms with Gasteiger partial charge in [0.15, 0.2) is 0 Å². The Balaban J connectivity index is 3.19. The highest BCUT2D eigenvalue weighted by Crippen LogP contribution is 2.34. The zero-order valence-corrected chi connectivity index (χ0v) is 9.81. The first-order chi connectivity index (χ1) is 8.40. The number of halogens is 4. The zero-order valence-electron chi connectivity index (χ0n) is 9.81. The average molecular weight is 259 g/mol. The monoisotopic (exact) mass is 259 g/mol. The van der Waals surface area contributed by atoms with Crippen LogP contribution in [0, 0.1) is 18.2 Å². The van der Waals surface area contributed by atoms with Crippen molar-refractivity contribution in [1.82, 2.24) is 5.32 Å². The van der Waals surface area contributed by atoms with Crippen molar-refractivity contribution in [1.29, 1.82) is 0 Å². The molecule has 1 aromatic carbocycles. The summed E-state index contributed by atoms with van der Waals surface area (Å²) in [6.45, 7) is 2.32. The summed E-state index contributed by atoms with van der Waals surface area (Å²) in [5.41, 5.74) is -1.16. The molecule has 0 aliphatic rings. The Bertz CT molecular complexity index is 445. The van der Waals surface area contributed by atoms with Crippen molar-refractivity contribution in [2.45, 2.75) is 25.6 Å². The Morgan fingerprint density at radius 3 is 2.56 bits per heavy atom. The molecule has 1 atom stereocenters. The molecule has 0 aromatic heterocycles. The molecule has 0 saturated heterocycles. The summed E-state index contributed by atoms with van der Waals surface area (Å²) in [5.74, 6) is 1.48. The molecule has 0 heterocycles.